The molecule has 0 N–H and O–H groups in total. The van der Waals surface area contributed by atoms with E-state index in [1.54, 1.807) is 0 Å². The monoisotopic (exact) mass is 200 g/mol. The van der Waals surface area contributed by atoms with Crippen LogP contribution in [0, 0.1) is 0 Å². The maximum atomic E-state index is 4.31. The lowest BCUT2D eigenvalue weighted by Gasteiger charge is -2.02. The van der Waals surface area contributed by atoms with Crippen LogP contribution in [-0.2, 0) is 19.9 Å². The number of benzene rings is 1. The molecule has 0 aliphatic heterocycles. The van der Waals surface area contributed by atoms with Crippen LogP contribution < -0.4 is 0 Å². The average molecular weight is 200 g/mol. The van der Waals surface area contributed by atoms with E-state index >= 15 is 0 Å². The topological polar surface area (TPSA) is 17.8 Å². The van der Waals surface area contributed by atoms with Crippen LogP contribution in [0.2, 0.25) is 0 Å². The minimum Gasteiger partial charge on any atom is -0.338 e. The van der Waals surface area contributed by atoms with E-state index < -0.39 is 0 Å². The fraction of sp³-hybridized carbons (Fsp3) is 0.308. The van der Waals surface area contributed by atoms with Gasteiger partial charge in [-0.1, -0.05) is 30.3 Å². The third kappa shape index (κ3) is 2.69. The first kappa shape index (κ1) is 9.97. The summed E-state index contributed by atoms with van der Waals surface area (Å²) >= 11 is 0. The largest absolute Gasteiger partial charge is 0.338 e. The standard InChI is InChI=1S/C13H16N2/c1-15-11-10-14-13(15)9-5-8-12-6-3-2-4-7-12/h2-4,6-7,10-11H,5,8-9H2,1H3. The predicted molar refractivity (Wildman–Crippen MR) is 61.7 cm³/mol. The second-order valence-corrected chi connectivity index (χ2v) is 3.79. The van der Waals surface area contributed by atoms with E-state index in [1.165, 1.54) is 11.4 Å². The molecule has 2 aromatic rings. The maximum absolute atomic E-state index is 4.31. The molecule has 0 saturated heterocycles. The summed E-state index contributed by atoms with van der Waals surface area (Å²) in [6.07, 6.45) is 7.21. The second kappa shape index (κ2) is 4.78. The Morgan fingerprint density at radius 3 is 2.60 bits per heavy atom. The van der Waals surface area contributed by atoms with E-state index in [2.05, 4.69) is 39.9 Å². The molecule has 0 spiro atoms. The molecule has 0 fully saturated rings. The van der Waals surface area contributed by atoms with Crippen LogP contribution in [-0.4, -0.2) is 9.55 Å². The summed E-state index contributed by atoms with van der Waals surface area (Å²) < 4.78 is 2.09. The SMILES string of the molecule is Cn1ccnc1CCCc1ccccc1. The Hall–Kier alpha value is -1.57. The molecule has 1 heterocycles. The van der Waals surface area contributed by atoms with Gasteiger partial charge in [-0.05, 0) is 18.4 Å². The van der Waals surface area contributed by atoms with Crippen molar-refractivity contribution in [2.24, 2.45) is 7.05 Å². The van der Waals surface area contributed by atoms with Gasteiger partial charge < -0.3 is 4.57 Å². The molecule has 0 radical (unpaired) electrons. The minimum atomic E-state index is 1.05. The van der Waals surface area contributed by atoms with Crippen molar-refractivity contribution >= 4 is 0 Å². The summed E-state index contributed by atoms with van der Waals surface area (Å²) in [6, 6.07) is 10.6. The first-order valence-corrected chi connectivity index (χ1v) is 5.36. The molecule has 2 heteroatoms. The van der Waals surface area contributed by atoms with Gasteiger partial charge in [0.25, 0.3) is 0 Å². The molecule has 2 rings (SSSR count). The zero-order chi connectivity index (χ0) is 10.5. The molecule has 1 aromatic carbocycles. The van der Waals surface area contributed by atoms with E-state index in [9.17, 15) is 0 Å². The molecule has 1 aromatic heterocycles. The molecular formula is C13H16N2. The van der Waals surface area contributed by atoms with Gasteiger partial charge in [-0.2, -0.15) is 0 Å². The smallest absolute Gasteiger partial charge is 0.108 e. The molecule has 0 atom stereocenters. The predicted octanol–water partition coefficient (Wildman–Crippen LogP) is 2.60. The third-order valence-electron chi connectivity index (χ3n) is 2.63. The van der Waals surface area contributed by atoms with Crippen molar-refractivity contribution in [2.45, 2.75) is 19.3 Å². The van der Waals surface area contributed by atoms with Gasteiger partial charge >= 0.3 is 0 Å². The van der Waals surface area contributed by atoms with Crippen molar-refractivity contribution in [3.8, 4) is 0 Å². The lowest BCUT2D eigenvalue weighted by molar-refractivity contribution is 0.724. The first-order chi connectivity index (χ1) is 7.36. The number of aromatic nitrogens is 2. The van der Waals surface area contributed by atoms with E-state index in [4.69, 9.17) is 0 Å². The Bertz CT molecular complexity index is 403. The second-order valence-electron chi connectivity index (χ2n) is 3.79. The summed E-state index contributed by atoms with van der Waals surface area (Å²) in [7, 11) is 2.05. The number of nitrogens with zero attached hydrogens (tertiary/aromatic N) is 2. The Kier molecular flexibility index (Phi) is 3.18. The van der Waals surface area contributed by atoms with Gasteiger partial charge in [-0.25, -0.2) is 4.98 Å². The van der Waals surface area contributed by atoms with Crippen LogP contribution in [0.3, 0.4) is 0 Å². The Balaban J connectivity index is 1.83. The highest BCUT2D eigenvalue weighted by atomic mass is 15.0. The maximum Gasteiger partial charge on any atom is 0.108 e. The zero-order valence-electron chi connectivity index (χ0n) is 9.06. The van der Waals surface area contributed by atoms with Crippen LogP contribution >= 0.6 is 0 Å². The first-order valence-electron chi connectivity index (χ1n) is 5.36. The number of imidazole rings is 1. The molecule has 15 heavy (non-hydrogen) atoms. The number of hydrogen-bond donors (Lipinski definition) is 0. The third-order valence-corrected chi connectivity index (χ3v) is 2.63. The lowest BCUT2D eigenvalue weighted by atomic mass is 10.1. The summed E-state index contributed by atoms with van der Waals surface area (Å²) in [5, 5.41) is 0. The fourth-order valence-electron chi connectivity index (χ4n) is 1.73. The van der Waals surface area contributed by atoms with Crippen LogP contribution in [0.1, 0.15) is 17.8 Å². The van der Waals surface area contributed by atoms with Crippen LogP contribution in [0.4, 0.5) is 0 Å². The normalized spacial score (nSPS) is 10.5. The number of hydrogen-bond acceptors (Lipinski definition) is 1. The van der Waals surface area contributed by atoms with Crippen molar-refractivity contribution in [1.82, 2.24) is 9.55 Å². The van der Waals surface area contributed by atoms with Crippen LogP contribution in [0.25, 0.3) is 0 Å². The van der Waals surface area contributed by atoms with Crippen molar-refractivity contribution in [1.29, 1.82) is 0 Å². The van der Waals surface area contributed by atoms with Gasteiger partial charge in [0.15, 0.2) is 0 Å². The molecule has 0 amide bonds. The highest BCUT2D eigenvalue weighted by Gasteiger charge is 1.98. The summed E-state index contributed by atoms with van der Waals surface area (Å²) in [5.74, 6) is 1.17. The van der Waals surface area contributed by atoms with Crippen molar-refractivity contribution in [3.05, 3.63) is 54.1 Å². The Morgan fingerprint density at radius 1 is 1.13 bits per heavy atom. The Labute approximate surface area is 90.6 Å². The molecule has 2 nitrogen and oxygen atoms in total. The van der Waals surface area contributed by atoms with Crippen LogP contribution in [0.15, 0.2) is 42.7 Å². The summed E-state index contributed by atoms with van der Waals surface area (Å²) in [6.45, 7) is 0. The minimum absolute atomic E-state index is 1.05. The van der Waals surface area contributed by atoms with Gasteiger partial charge in [-0.15, -0.1) is 0 Å². The summed E-state index contributed by atoms with van der Waals surface area (Å²) in [5.41, 5.74) is 1.41. The van der Waals surface area contributed by atoms with Gasteiger partial charge in [0.2, 0.25) is 0 Å². The number of aryl methyl sites for hydroxylation is 3. The van der Waals surface area contributed by atoms with Gasteiger partial charge in [-0.3, -0.25) is 0 Å². The van der Waals surface area contributed by atoms with Crippen molar-refractivity contribution < 1.29 is 0 Å². The summed E-state index contributed by atoms with van der Waals surface area (Å²) in [4.78, 5) is 4.31. The quantitative estimate of drug-likeness (QED) is 0.741. The molecule has 0 aliphatic carbocycles. The lowest BCUT2D eigenvalue weighted by Crippen LogP contribution is -1.98. The molecule has 0 unspecified atom stereocenters. The molecule has 78 valence electrons. The Morgan fingerprint density at radius 2 is 1.93 bits per heavy atom. The molecular weight excluding hydrogens is 184 g/mol. The van der Waals surface area contributed by atoms with Crippen molar-refractivity contribution in [2.75, 3.05) is 0 Å². The highest BCUT2D eigenvalue weighted by molar-refractivity contribution is 5.14. The highest BCUT2D eigenvalue weighted by Crippen LogP contribution is 2.06. The van der Waals surface area contributed by atoms with Crippen molar-refractivity contribution in [3.63, 3.8) is 0 Å². The average Bonchev–Trinajstić information content (AvgIpc) is 2.66. The molecule has 0 bridgehead atoms. The van der Waals surface area contributed by atoms with E-state index in [0.29, 0.717) is 0 Å². The van der Waals surface area contributed by atoms with Gasteiger partial charge in [0.1, 0.15) is 5.82 Å². The van der Waals surface area contributed by atoms with E-state index in [-0.39, 0.29) is 0 Å². The van der Waals surface area contributed by atoms with E-state index in [1.807, 2.05) is 19.4 Å². The molecule has 0 saturated carbocycles. The van der Waals surface area contributed by atoms with Crippen LogP contribution in [0.5, 0.6) is 0 Å². The number of rotatable bonds is 4. The van der Waals surface area contributed by atoms with E-state index in [0.717, 1.165) is 19.3 Å². The van der Waals surface area contributed by atoms with Gasteiger partial charge in [0, 0.05) is 25.9 Å². The zero-order valence-corrected chi connectivity index (χ0v) is 9.06. The molecule has 0 aliphatic rings. The van der Waals surface area contributed by atoms with Gasteiger partial charge in [0.05, 0.1) is 0 Å². The fourth-order valence-corrected chi connectivity index (χ4v) is 1.73.